The van der Waals surface area contributed by atoms with Gasteiger partial charge in [0.15, 0.2) is 0 Å². The van der Waals surface area contributed by atoms with Crippen molar-refractivity contribution in [3.63, 3.8) is 0 Å². The maximum absolute atomic E-state index is 12.4. The summed E-state index contributed by atoms with van der Waals surface area (Å²) in [6.07, 6.45) is 7.75. The molecule has 2 heterocycles. The first kappa shape index (κ1) is 15.0. The fraction of sp³-hybridized carbons (Fsp3) is 0.412. The van der Waals surface area contributed by atoms with Gasteiger partial charge in [0, 0.05) is 35.9 Å². The smallest absolute Gasteiger partial charge is 0.321 e. The Morgan fingerprint density at radius 1 is 1.14 bits per heavy atom. The van der Waals surface area contributed by atoms with Gasteiger partial charge in [0.05, 0.1) is 0 Å². The van der Waals surface area contributed by atoms with Gasteiger partial charge >= 0.3 is 6.03 Å². The number of aromatic nitrogens is 1. The molecule has 1 aliphatic rings. The highest BCUT2D eigenvalue weighted by molar-refractivity contribution is 7.13. The van der Waals surface area contributed by atoms with E-state index in [1.54, 1.807) is 17.5 Å². The summed E-state index contributed by atoms with van der Waals surface area (Å²) < 4.78 is 0. The Hall–Kier alpha value is -1.88. The van der Waals surface area contributed by atoms with E-state index in [0.29, 0.717) is 0 Å². The molecule has 2 amide bonds. The minimum Gasteiger partial charge on any atom is -0.325 e. The lowest BCUT2D eigenvalue weighted by Gasteiger charge is -2.25. The molecule has 116 valence electrons. The number of rotatable bonds is 2. The van der Waals surface area contributed by atoms with Crippen LogP contribution in [-0.4, -0.2) is 29.0 Å². The first-order chi connectivity index (χ1) is 10.8. The monoisotopic (exact) mass is 315 g/mol. The van der Waals surface area contributed by atoms with E-state index in [-0.39, 0.29) is 6.03 Å². The second kappa shape index (κ2) is 7.40. The maximum Gasteiger partial charge on any atom is 0.321 e. The molecule has 1 saturated heterocycles. The third-order valence-electron chi connectivity index (χ3n) is 3.94. The zero-order valence-corrected chi connectivity index (χ0v) is 13.4. The molecule has 4 nitrogen and oxygen atoms in total. The minimum absolute atomic E-state index is 0.0122. The van der Waals surface area contributed by atoms with Crippen molar-refractivity contribution in [2.75, 3.05) is 18.4 Å². The van der Waals surface area contributed by atoms with E-state index in [1.165, 1.54) is 19.3 Å². The molecule has 1 fully saturated rings. The van der Waals surface area contributed by atoms with Crippen molar-refractivity contribution >= 4 is 23.1 Å². The van der Waals surface area contributed by atoms with Crippen molar-refractivity contribution in [2.45, 2.75) is 32.1 Å². The number of hydrogen-bond donors (Lipinski definition) is 1. The molecule has 5 heteroatoms. The van der Waals surface area contributed by atoms with Crippen LogP contribution in [0.3, 0.4) is 0 Å². The molecule has 0 atom stereocenters. The molecule has 1 aromatic heterocycles. The number of thiazole rings is 1. The van der Waals surface area contributed by atoms with Gasteiger partial charge in [0.2, 0.25) is 0 Å². The van der Waals surface area contributed by atoms with Gasteiger partial charge in [-0.1, -0.05) is 31.4 Å². The van der Waals surface area contributed by atoms with Crippen molar-refractivity contribution in [3.8, 4) is 10.6 Å². The average Bonchev–Trinajstić information content (AvgIpc) is 3.01. The summed E-state index contributed by atoms with van der Waals surface area (Å²) in [6, 6.07) is 7.91. The van der Waals surface area contributed by atoms with Gasteiger partial charge in [-0.05, 0) is 25.0 Å². The number of benzene rings is 1. The number of nitrogens with one attached hydrogen (secondary N) is 1. The van der Waals surface area contributed by atoms with Crippen LogP contribution in [0.5, 0.6) is 0 Å². The zero-order chi connectivity index (χ0) is 15.2. The molecule has 3 rings (SSSR count). The Balaban J connectivity index is 1.67. The fourth-order valence-corrected chi connectivity index (χ4v) is 3.38. The Kier molecular flexibility index (Phi) is 5.06. The maximum atomic E-state index is 12.4. The van der Waals surface area contributed by atoms with Crippen LogP contribution < -0.4 is 5.32 Å². The summed E-state index contributed by atoms with van der Waals surface area (Å²) >= 11 is 1.60. The molecule has 0 aliphatic carbocycles. The highest BCUT2D eigenvalue weighted by Crippen LogP contribution is 2.24. The number of amides is 2. The van der Waals surface area contributed by atoms with Gasteiger partial charge in [-0.25, -0.2) is 9.78 Å². The molecule has 1 N–H and O–H groups in total. The summed E-state index contributed by atoms with van der Waals surface area (Å²) in [7, 11) is 0. The number of urea groups is 1. The van der Waals surface area contributed by atoms with E-state index < -0.39 is 0 Å². The number of likely N-dealkylation sites (tertiary alicyclic amines) is 1. The van der Waals surface area contributed by atoms with E-state index in [4.69, 9.17) is 0 Å². The van der Waals surface area contributed by atoms with Crippen LogP contribution in [0.15, 0.2) is 35.8 Å². The molecule has 0 spiro atoms. The standard InChI is InChI=1S/C17H21N3OS/c21-17(20-10-4-2-1-3-5-11-20)19-15-8-6-7-14(13-15)16-18-9-12-22-16/h6-9,12-13H,1-5,10-11H2,(H,19,21). The van der Waals surface area contributed by atoms with Crippen molar-refractivity contribution < 1.29 is 4.79 Å². The summed E-state index contributed by atoms with van der Waals surface area (Å²) in [6.45, 7) is 1.72. The molecule has 0 saturated carbocycles. The SMILES string of the molecule is O=C(Nc1cccc(-c2nccs2)c1)N1CCCCCCC1. The Morgan fingerprint density at radius 3 is 2.64 bits per heavy atom. The molecule has 0 bridgehead atoms. The van der Waals surface area contributed by atoms with Crippen molar-refractivity contribution in [1.82, 2.24) is 9.88 Å². The predicted molar refractivity (Wildman–Crippen MR) is 91.2 cm³/mol. The topological polar surface area (TPSA) is 45.2 Å². The number of carbonyl (C=O) groups excluding carboxylic acids is 1. The summed E-state index contributed by atoms with van der Waals surface area (Å²) in [5, 5.41) is 5.96. The van der Waals surface area contributed by atoms with Gasteiger partial charge in [0.25, 0.3) is 0 Å². The van der Waals surface area contributed by atoms with Crippen LogP contribution in [0, 0.1) is 0 Å². The summed E-state index contributed by atoms with van der Waals surface area (Å²) in [4.78, 5) is 18.7. The highest BCUT2D eigenvalue weighted by atomic mass is 32.1. The molecule has 0 radical (unpaired) electrons. The van der Waals surface area contributed by atoms with Gasteiger partial charge < -0.3 is 10.2 Å². The molecule has 2 aromatic rings. The lowest BCUT2D eigenvalue weighted by Crippen LogP contribution is -2.37. The fourth-order valence-electron chi connectivity index (χ4n) is 2.75. The molecule has 22 heavy (non-hydrogen) atoms. The van der Waals surface area contributed by atoms with E-state index in [1.807, 2.05) is 34.5 Å². The first-order valence-electron chi connectivity index (χ1n) is 7.89. The van der Waals surface area contributed by atoms with Gasteiger partial charge in [-0.15, -0.1) is 11.3 Å². The van der Waals surface area contributed by atoms with Crippen LogP contribution in [0.25, 0.3) is 10.6 Å². The summed E-state index contributed by atoms with van der Waals surface area (Å²) in [5.41, 5.74) is 1.88. The third-order valence-corrected chi connectivity index (χ3v) is 4.76. The van der Waals surface area contributed by atoms with Gasteiger partial charge in [0.1, 0.15) is 5.01 Å². The number of nitrogens with zero attached hydrogens (tertiary/aromatic N) is 2. The molecule has 1 aliphatic heterocycles. The minimum atomic E-state index is 0.0122. The average molecular weight is 315 g/mol. The second-order valence-corrected chi connectivity index (χ2v) is 6.50. The second-order valence-electron chi connectivity index (χ2n) is 5.60. The van der Waals surface area contributed by atoms with Gasteiger partial charge in [-0.3, -0.25) is 0 Å². The quantitative estimate of drug-likeness (QED) is 0.879. The molecule has 0 unspecified atom stereocenters. The Labute approximate surface area is 135 Å². The predicted octanol–water partition coefficient (Wildman–Crippen LogP) is 4.61. The van der Waals surface area contributed by atoms with Crippen LogP contribution >= 0.6 is 11.3 Å². The Bertz CT molecular complexity index is 604. The van der Waals surface area contributed by atoms with Crippen molar-refractivity contribution in [3.05, 3.63) is 35.8 Å². The number of carbonyl (C=O) groups is 1. The van der Waals surface area contributed by atoms with E-state index in [0.717, 1.165) is 42.2 Å². The van der Waals surface area contributed by atoms with E-state index >= 15 is 0 Å². The van der Waals surface area contributed by atoms with Crippen LogP contribution in [0.4, 0.5) is 10.5 Å². The number of anilines is 1. The van der Waals surface area contributed by atoms with Crippen molar-refractivity contribution in [1.29, 1.82) is 0 Å². The van der Waals surface area contributed by atoms with Crippen LogP contribution in [0.2, 0.25) is 0 Å². The van der Waals surface area contributed by atoms with Crippen LogP contribution in [0.1, 0.15) is 32.1 Å². The third kappa shape index (κ3) is 3.85. The van der Waals surface area contributed by atoms with Crippen LogP contribution in [-0.2, 0) is 0 Å². The van der Waals surface area contributed by atoms with E-state index in [9.17, 15) is 4.79 Å². The molecular weight excluding hydrogens is 294 g/mol. The highest BCUT2D eigenvalue weighted by Gasteiger charge is 2.15. The lowest BCUT2D eigenvalue weighted by molar-refractivity contribution is 0.206. The van der Waals surface area contributed by atoms with Gasteiger partial charge in [-0.2, -0.15) is 0 Å². The summed E-state index contributed by atoms with van der Waals surface area (Å²) in [5.74, 6) is 0. The van der Waals surface area contributed by atoms with Crippen molar-refractivity contribution in [2.24, 2.45) is 0 Å². The lowest BCUT2D eigenvalue weighted by atomic mass is 10.1. The Morgan fingerprint density at radius 2 is 1.91 bits per heavy atom. The first-order valence-corrected chi connectivity index (χ1v) is 8.77. The molecule has 1 aromatic carbocycles. The molecular formula is C17H21N3OS. The number of hydrogen-bond acceptors (Lipinski definition) is 3. The normalized spacial score (nSPS) is 15.9. The van der Waals surface area contributed by atoms with E-state index in [2.05, 4.69) is 10.3 Å². The zero-order valence-electron chi connectivity index (χ0n) is 12.6. The largest absolute Gasteiger partial charge is 0.325 e.